The molecule has 3 aromatic rings. The number of hydrogen-bond acceptors (Lipinski definition) is 4. The van der Waals surface area contributed by atoms with Crippen LogP contribution in [0.25, 0.3) is 0 Å². The van der Waals surface area contributed by atoms with E-state index in [1.54, 1.807) is 12.1 Å². The largest absolute Gasteiger partial charge is 0.455 e. The number of anilines is 1. The van der Waals surface area contributed by atoms with Crippen LogP contribution in [0.3, 0.4) is 0 Å². The summed E-state index contributed by atoms with van der Waals surface area (Å²) in [5.74, 6) is -1.17. The first-order chi connectivity index (χ1) is 12.8. The standard InChI is InChI=1S/C20H18FNO4S/c1-14-4-2-3-5-15(14)12-27(24,25)13-18-10-11-19(26-18)20(23)22-17-8-6-16(21)7-9-17/h2-11H,12-13H2,1H3,(H,22,23). The molecule has 0 radical (unpaired) electrons. The fourth-order valence-corrected chi connectivity index (χ4v) is 4.07. The second-order valence-electron chi connectivity index (χ2n) is 6.19. The first kappa shape index (κ1) is 18.8. The molecule has 1 aromatic heterocycles. The molecule has 0 fully saturated rings. The molecular formula is C20H18FNO4S. The van der Waals surface area contributed by atoms with Crippen molar-refractivity contribution >= 4 is 21.4 Å². The summed E-state index contributed by atoms with van der Waals surface area (Å²) in [7, 11) is -3.45. The highest BCUT2D eigenvalue weighted by Crippen LogP contribution is 2.18. The zero-order chi connectivity index (χ0) is 19.4. The highest BCUT2D eigenvalue weighted by atomic mass is 32.2. The van der Waals surface area contributed by atoms with Crippen molar-refractivity contribution in [1.82, 2.24) is 0 Å². The van der Waals surface area contributed by atoms with Gasteiger partial charge in [-0.3, -0.25) is 4.79 Å². The van der Waals surface area contributed by atoms with Crippen LogP contribution in [0.4, 0.5) is 10.1 Å². The summed E-state index contributed by atoms with van der Waals surface area (Å²) in [6.45, 7) is 1.86. The smallest absolute Gasteiger partial charge is 0.291 e. The Morgan fingerprint density at radius 3 is 2.41 bits per heavy atom. The van der Waals surface area contributed by atoms with Crippen LogP contribution < -0.4 is 5.32 Å². The zero-order valence-corrected chi connectivity index (χ0v) is 15.4. The molecule has 0 saturated carbocycles. The second kappa shape index (κ2) is 7.75. The highest BCUT2D eigenvalue weighted by Gasteiger charge is 2.19. The van der Waals surface area contributed by atoms with Crippen LogP contribution in [0.5, 0.6) is 0 Å². The van der Waals surface area contributed by atoms with Crippen molar-refractivity contribution in [1.29, 1.82) is 0 Å². The molecule has 0 aliphatic carbocycles. The van der Waals surface area contributed by atoms with Gasteiger partial charge in [-0.1, -0.05) is 24.3 Å². The minimum absolute atomic E-state index is 0.0135. The van der Waals surface area contributed by atoms with Gasteiger partial charge in [0.15, 0.2) is 15.6 Å². The summed E-state index contributed by atoms with van der Waals surface area (Å²) < 4.78 is 43.1. The van der Waals surface area contributed by atoms with Crippen LogP contribution in [0, 0.1) is 12.7 Å². The Balaban J connectivity index is 1.67. The Bertz CT molecular complexity index is 1060. The lowest BCUT2D eigenvalue weighted by Gasteiger charge is -2.06. The predicted molar refractivity (Wildman–Crippen MR) is 101 cm³/mol. The van der Waals surface area contributed by atoms with Crippen LogP contribution in [0.15, 0.2) is 65.1 Å². The van der Waals surface area contributed by atoms with Gasteiger partial charge in [0.05, 0.1) is 5.75 Å². The number of halogens is 1. The number of aryl methyl sites for hydroxylation is 1. The number of carbonyl (C=O) groups is 1. The average molecular weight is 387 g/mol. The van der Waals surface area contributed by atoms with Crippen molar-refractivity contribution in [2.45, 2.75) is 18.4 Å². The molecule has 7 heteroatoms. The number of nitrogens with one attached hydrogen (secondary N) is 1. The normalized spacial score (nSPS) is 11.3. The number of amides is 1. The molecular weight excluding hydrogens is 369 g/mol. The molecule has 1 heterocycles. The monoisotopic (exact) mass is 387 g/mol. The maximum Gasteiger partial charge on any atom is 0.291 e. The van der Waals surface area contributed by atoms with E-state index in [9.17, 15) is 17.6 Å². The van der Waals surface area contributed by atoms with Gasteiger partial charge in [0, 0.05) is 5.69 Å². The number of furan rings is 1. The fraction of sp³-hybridized carbons (Fsp3) is 0.150. The van der Waals surface area contributed by atoms with Crippen LogP contribution in [0.1, 0.15) is 27.4 Å². The van der Waals surface area contributed by atoms with Crippen LogP contribution in [-0.4, -0.2) is 14.3 Å². The molecule has 0 unspecified atom stereocenters. The molecule has 1 N–H and O–H groups in total. The second-order valence-corrected chi connectivity index (χ2v) is 8.25. The van der Waals surface area contributed by atoms with E-state index in [2.05, 4.69) is 5.32 Å². The Morgan fingerprint density at radius 1 is 1.00 bits per heavy atom. The van der Waals surface area contributed by atoms with Crippen molar-refractivity contribution < 1.29 is 22.0 Å². The van der Waals surface area contributed by atoms with E-state index in [1.807, 2.05) is 19.1 Å². The molecule has 3 rings (SSSR count). The SMILES string of the molecule is Cc1ccccc1CS(=O)(=O)Cc1ccc(C(=O)Nc2ccc(F)cc2)o1. The highest BCUT2D eigenvalue weighted by molar-refractivity contribution is 7.89. The van der Waals surface area contributed by atoms with Crippen molar-refractivity contribution in [2.75, 3.05) is 5.32 Å². The Hall–Kier alpha value is -2.93. The maximum atomic E-state index is 12.9. The minimum Gasteiger partial charge on any atom is -0.455 e. The van der Waals surface area contributed by atoms with Crippen molar-refractivity contribution in [3.05, 3.63) is 89.1 Å². The number of rotatable bonds is 6. The lowest BCUT2D eigenvalue weighted by molar-refractivity contribution is 0.0995. The third-order valence-corrected chi connectivity index (χ3v) is 5.46. The average Bonchev–Trinajstić information content (AvgIpc) is 3.06. The van der Waals surface area contributed by atoms with Gasteiger partial charge in [0.25, 0.3) is 5.91 Å². The molecule has 2 aromatic carbocycles. The quantitative estimate of drug-likeness (QED) is 0.691. The molecule has 0 aliphatic heterocycles. The Labute approximate surface area is 156 Å². The van der Waals surface area contributed by atoms with Gasteiger partial charge in [0.1, 0.15) is 17.3 Å². The molecule has 0 spiro atoms. The third kappa shape index (κ3) is 5.04. The summed E-state index contributed by atoms with van der Waals surface area (Å²) >= 11 is 0. The number of carbonyl (C=O) groups excluding carboxylic acids is 1. The van der Waals surface area contributed by atoms with Gasteiger partial charge < -0.3 is 9.73 Å². The van der Waals surface area contributed by atoms with Gasteiger partial charge in [0.2, 0.25) is 0 Å². The topological polar surface area (TPSA) is 76.4 Å². The zero-order valence-electron chi connectivity index (χ0n) is 14.6. The summed E-state index contributed by atoms with van der Waals surface area (Å²) in [6, 6.07) is 15.4. The maximum absolute atomic E-state index is 12.9. The third-order valence-electron chi connectivity index (χ3n) is 3.99. The Morgan fingerprint density at radius 2 is 1.70 bits per heavy atom. The number of benzene rings is 2. The fourth-order valence-electron chi connectivity index (χ4n) is 2.58. The summed E-state index contributed by atoms with van der Waals surface area (Å²) in [4.78, 5) is 12.2. The van der Waals surface area contributed by atoms with Crippen molar-refractivity contribution in [3.63, 3.8) is 0 Å². The van der Waals surface area contributed by atoms with Gasteiger partial charge in [-0.05, 0) is 54.4 Å². The molecule has 0 aliphatic rings. The molecule has 0 bridgehead atoms. The lowest BCUT2D eigenvalue weighted by Crippen LogP contribution is -2.11. The van der Waals surface area contributed by atoms with Gasteiger partial charge in [-0.25, -0.2) is 12.8 Å². The van der Waals surface area contributed by atoms with E-state index in [4.69, 9.17) is 4.42 Å². The van der Waals surface area contributed by atoms with E-state index in [1.165, 1.54) is 36.4 Å². The predicted octanol–water partition coefficient (Wildman–Crippen LogP) is 4.09. The van der Waals surface area contributed by atoms with Gasteiger partial charge in [-0.2, -0.15) is 0 Å². The molecule has 0 saturated heterocycles. The van der Waals surface area contributed by atoms with E-state index in [-0.39, 0.29) is 23.0 Å². The van der Waals surface area contributed by atoms with Crippen LogP contribution >= 0.6 is 0 Å². The first-order valence-electron chi connectivity index (χ1n) is 8.23. The van der Waals surface area contributed by atoms with E-state index < -0.39 is 21.6 Å². The summed E-state index contributed by atoms with van der Waals surface area (Å²) in [6.07, 6.45) is 0. The molecule has 27 heavy (non-hydrogen) atoms. The van der Waals surface area contributed by atoms with E-state index in [0.29, 0.717) is 5.69 Å². The number of hydrogen-bond donors (Lipinski definition) is 1. The van der Waals surface area contributed by atoms with Gasteiger partial charge in [-0.15, -0.1) is 0 Å². The van der Waals surface area contributed by atoms with Crippen LogP contribution in [-0.2, 0) is 21.3 Å². The minimum atomic E-state index is -3.45. The lowest BCUT2D eigenvalue weighted by atomic mass is 10.1. The van der Waals surface area contributed by atoms with Crippen molar-refractivity contribution in [3.8, 4) is 0 Å². The van der Waals surface area contributed by atoms with Gasteiger partial charge >= 0.3 is 0 Å². The Kier molecular flexibility index (Phi) is 5.41. The van der Waals surface area contributed by atoms with E-state index in [0.717, 1.165) is 11.1 Å². The molecule has 5 nitrogen and oxygen atoms in total. The molecule has 1 amide bonds. The molecule has 140 valence electrons. The molecule has 0 atom stereocenters. The van der Waals surface area contributed by atoms with Crippen molar-refractivity contribution in [2.24, 2.45) is 0 Å². The number of sulfone groups is 1. The van der Waals surface area contributed by atoms with Crippen LogP contribution in [0.2, 0.25) is 0 Å². The first-order valence-corrected chi connectivity index (χ1v) is 10.0. The summed E-state index contributed by atoms with van der Waals surface area (Å²) in [5, 5.41) is 2.56. The van der Waals surface area contributed by atoms with E-state index >= 15 is 0 Å². The summed E-state index contributed by atoms with van der Waals surface area (Å²) in [5.41, 5.74) is 2.05.